The Kier molecular flexibility index (Phi) is 7.12. The maximum Gasteiger partial charge on any atom is 0.267 e. The molecule has 7 nitrogen and oxygen atoms in total. The summed E-state index contributed by atoms with van der Waals surface area (Å²) in [6, 6.07) is 15.4. The summed E-state index contributed by atoms with van der Waals surface area (Å²) in [5, 5.41) is 11.8. The monoisotopic (exact) mass is 379 g/mol. The zero-order valence-electron chi connectivity index (χ0n) is 15.8. The van der Waals surface area contributed by atoms with Gasteiger partial charge in [-0.05, 0) is 30.5 Å². The lowest BCUT2D eigenvalue weighted by Gasteiger charge is -2.23. The fourth-order valence-electron chi connectivity index (χ4n) is 2.88. The predicted molar refractivity (Wildman–Crippen MR) is 109 cm³/mol. The predicted octanol–water partition coefficient (Wildman–Crippen LogP) is 2.57. The number of hydrogen-bond acceptors (Lipinski definition) is 5. The van der Waals surface area contributed by atoms with Gasteiger partial charge in [0.15, 0.2) is 0 Å². The van der Waals surface area contributed by atoms with Crippen molar-refractivity contribution in [2.45, 2.75) is 32.2 Å². The smallest absolute Gasteiger partial charge is 0.267 e. The van der Waals surface area contributed by atoms with Crippen molar-refractivity contribution < 1.29 is 9.59 Å². The molecule has 0 spiro atoms. The summed E-state index contributed by atoms with van der Waals surface area (Å²) >= 11 is 0. The van der Waals surface area contributed by atoms with Crippen molar-refractivity contribution in [1.82, 2.24) is 15.3 Å². The second kappa shape index (κ2) is 10.2. The number of amides is 2. The fourth-order valence-corrected chi connectivity index (χ4v) is 2.88. The van der Waals surface area contributed by atoms with E-state index in [1.165, 1.54) is 5.01 Å². The van der Waals surface area contributed by atoms with Crippen molar-refractivity contribution in [3.05, 3.63) is 60.3 Å². The minimum atomic E-state index is -0.191. The first-order valence-corrected chi connectivity index (χ1v) is 9.57. The van der Waals surface area contributed by atoms with Crippen molar-refractivity contribution in [1.29, 1.82) is 0 Å². The number of anilines is 1. The van der Waals surface area contributed by atoms with E-state index in [1.807, 2.05) is 48.5 Å². The molecule has 7 heteroatoms. The molecule has 0 unspecified atom stereocenters. The van der Waals surface area contributed by atoms with E-state index < -0.39 is 0 Å². The molecule has 1 aliphatic rings. The molecule has 0 saturated carbocycles. The van der Waals surface area contributed by atoms with Gasteiger partial charge in [0.05, 0.1) is 6.54 Å². The SMILES string of the molecule is O=C(NCCCCNc1ccccn1)C1=NN(Cc2ccccc2)C(=O)CC1. The van der Waals surface area contributed by atoms with E-state index in [0.717, 1.165) is 30.8 Å². The van der Waals surface area contributed by atoms with Crippen LogP contribution in [0.1, 0.15) is 31.2 Å². The van der Waals surface area contributed by atoms with Gasteiger partial charge < -0.3 is 10.6 Å². The summed E-state index contributed by atoms with van der Waals surface area (Å²) in [7, 11) is 0. The lowest BCUT2D eigenvalue weighted by Crippen LogP contribution is -2.39. The van der Waals surface area contributed by atoms with Gasteiger partial charge in [-0.15, -0.1) is 0 Å². The molecular weight excluding hydrogens is 354 g/mol. The molecule has 1 aromatic heterocycles. The maximum atomic E-state index is 12.4. The number of benzene rings is 1. The first-order chi connectivity index (χ1) is 13.7. The highest BCUT2D eigenvalue weighted by molar-refractivity contribution is 6.39. The number of aromatic nitrogens is 1. The number of nitrogens with zero attached hydrogens (tertiary/aromatic N) is 3. The number of hydrogen-bond donors (Lipinski definition) is 2. The average Bonchev–Trinajstić information content (AvgIpc) is 2.73. The number of unbranched alkanes of at least 4 members (excludes halogenated alkanes) is 1. The number of carbonyl (C=O) groups excluding carboxylic acids is 2. The Labute approximate surface area is 164 Å². The third-order valence-electron chi connectivity index (χ3n) is 4.40. The summed E-state index contributed by atoms with van der Waals surface area (Å²) in [4.78, 5) is 28.6. The zero-order chi connectivity index (χ0) is 19.6. The Morgan fingerprint density at radius 1 is 1.00 bits per heavy atom. The molecule has 146 valence electrons. The fraction of sp³-hybridized carbons (Fsp3) is 0.333. The lowest BCUT2D eigenvalue weighted by molar-refractivity contribution is -0.132. The van der Waals surface area contributed by atoms with E-state index in [1.54, 1.807) is 6.20 Å². The van der Waals surface area contributed by atoms with Crippen LogP contribution in [0.3, 0.4) is 0 Å². The molecule has 0 saturated heterocycles. The Morgan fingerprint density at radius 3 is 2.57 bits per heavy atom. The van der Waals surface area contributed by atoms with E-state index in [0.29, 0.717) is 31.6 Å². The molecule has 0 aliphatic carbocycles. The summed E-state index contributed by atoms with van der Waals surface area (Å²) < 4.78 is 0. The molecule has 0 atom stereocenters. The highest BCUT2D eigenvalue weighted by Gasteiger charge is 2.24. The molecule has 1 aromatic carbocycles. The van der Waals surface area contributed by atoms with E-state index in [-0.39, 0.29) is 11.8 Å². The van der Waals surface area contributed by atoms with Crippen LogP contribution in [-0.4, -0.2) is 40.6 Å². The van der Waals surface area contributed by atoms with Crippen molar-refractivity contribution in [2.75, 3.05) is 18.4 Å². The molecule has 0 bridgehead atoms. The Bertz CT molecular complexity index is 808. The van der Waals surface area contributed by atoms with Crippen LogP contribution in [0.5, 0.6) is 0 Å². The van der Waals surface area contributed by atoms with Crippen molar-refractivity contribution in [3.8, 4) is 0 Å². The van der Waals surface area contributed by atoms with Gasteiger partial charge in [-0.2, -0.15) is 5.10 Å². The number of hydrazone groups is 1. The highest BCUT2D eigenvalue weighted by Crippen LogP contribution is 2.13. The molecule has 0 fully saturated rings. The van der Waals surface area contributed by atoms with Gasteiger partial charge >= 0.3 is 0 Å². The normalized spacial score (nSPS) is 13.8. The second-order valence-electron chi connectivity index (χ2n) is 6.59. The average molecular weight is 379 g/mol. The van der Waals surface area contributed by atoms with Gasteiger partial charge in [0.2, 0.25) is 5.91 Å². The molecule has 2 aromatic rings. The Morgan fingerprint density at radius 2 is 1.79 bits per heavy atom. The molecule has 0 radical (unpaired) electrons. The van der Waals surface area contributed by atoms with Gasteiger partial charge in [-0.3, -0.25) is 9.59 Å². The number of carbonyl (C=O) groups is 2. The van der Waals surface area contributed by atoms with Gasteiger partial charge in [0, 0.05) is 32.1 Å². The molecule has 1 aliphatic heterocycles. The number of rotatable bonds is 9. The molecule has 2 heterocycles. The van der Waals surface area contributed by atoms with Gasteiger partial charge in [0.1, 0.15) is 11.5 Å². The van der Waals surface area contributed by atoms with Gasteiger partial charge in [0.25, 0.3) is 5.91 Å². The van der Waals surface area contributed by atoms with Crippen LogP contribution in [-0.2, 0) is 16.1 Å². The summed E-state index contributed by atoms with van der Waals surface area (Å²) in [6.07, 6.45) is 4.22. The lowest BCUT2D eigenvalue weighted by atomic mass is 10.1. The summed E-state index contributed by atoms with van der Waals surface area (Å²) in [5.41, 5.74) is 1.41. The summed E-state index contributed by atoms with van der Waals surface area (Å²) in [6.45, 7) is 1.76. The Balaban J connectivity index is 1.40. The number of pyridine rings is 1. The van der Waals surface area contributed by atoms with E-state index in [4.69, 9.17) is 0 Å². The van der Waals surface area contributed by atoms with Crippen LogP contribution in [0.15, 0.2) is 59.8 Å². The molecule has 3 rings (SSSR count). The molecule has 2 amide bonds. The minimum Gasteiger partial charge on any atom is -0.370 e. The zero-order valence-corrected chi connectivity index (χ0v) is 15.8. The topological polar surface area (TPSA) is 86.7 Å². The van der Waals surface area contributed by atoms with Gasteiger partial charge in [-0.25, -0.2) is 9.99 Å². The highest BCUT2D eigenvalue weighted by atomic mass is 16.2. The van der Waals surface area contributed by atoms with E-state index >= 15 is 0 Å². The van der Waals surface area contributed by atoms with E-state index in [2.05, 4.69) is 20.7 Å². The van der Waals surface area contributed by atoms with E-state index in [9.17, 15) is 9.59 Å². The number of nitrogens with one attached hydrogen (secondary N) is 2. The van der Waals surface area contributed by atoms with Crippen molar-refractivity contribution in [2.24, 2.45) is 5.10 Å². The molecule has 2 N–H and O–H groups in total. The largest absolute Gasteiger partial charge is 0.370 e. The van der Waals surface area contributed by atoms with Gasteiger partial charge in [-0.1, -0.05) is 36.4 Å². The van der Waals surface area contributed by atoms with Crippen LogP contribution in [0, 0.1) is 0 Å². The molecule has 28 heavy (non-hydrogen) atoms. The first kappa shape index (κ1) is 19.5. The summed E-state index contributed by atoms with van der Waals surface area (Å²) in [5.74, 6) is 0.607. The van der Waals surface area contributed by atoms with Crippen LogP contribution in [0.4, 0.5) is 5.82 Å². The molecular formula is C21H25N5O2. The second-order valence-corrected chi connectivity index (χ2v) is 6.59. The van der Waals surface area contributed by atoms with Crippen LogP contribution >= 0.6 is 0 Å². The van der Waals surface area contributed by atoms with Crippen molar-refractivity contribution in [3.63, 3.8) is 0 Å². The third-order valence-corrected chi connectivity index (χ3v) is 4.40. The maximum absolute atomic E-state index is 12.4. The van der Waals surface area contributed by atoms with Crippen LogP contribution in [0.25, 0.3) is 0 Å². The van der Waals surface area contributed by atoms with Crippen LogP contribution in [0.2, 0.25) is 0 Å². The third kappa shape index (κ3) is 5.90. The first-order valence-electron chi connectivity index (χ1n) is 9.57. The standard InChI is InChI=1S/C21H25N5O2/c27-20-12-11-18(25-26(20)16-17-8-2-1-3-9-17)21(28)24-15-7-6-14-23-19-10-4-5-13-22-19/h1-5,8-10,13H,6-7,11-12,14-16H2,(H,22,23)(H,24,28). The van der Waals surface area contributed by atoms with Crippen LogP contribution < -0.4 is 10.6 Å². The Hall–Kier alpha value is -3.22. The van der Waals surface area contributed by atoms with Crippen molar-refractivity contribution >= 4 is 23.3 Å². The quantitative estimate of drug-likeness (QED) is 0.656. The minimum absolute atomic E-state index is 0.0546.